The number of rotatable bonds is 11. The van der Waals surface area contributed by atoms with Crippen LogP contribution in [0, 0.1) is 0 Å². The van der Waals surface area contributed by atoms with Gasteiger partial charge in [-0.1, -0.05) is 78.5 Å². The van der Waals surface area contributed by atoms with Crippen molar-refractivity contribution in [2.24, 2.45) is 5.16 Å². The largest absolute Gasteiger partial charge is 0.457 e. The summed E-state index contributed by atoms with van der Waals surface area (Å²) in [5.74, 6) is -2.62. The molecule has 2 amide bonds. The number of β-lactam (4-membered cyclic amide) rings is 1. The molecule has 5 rings (SSSR count). The minimum atomic E-state index is -1.03. The van der Waals surface area contributed by atoms with Gasteiger partial charge in [0.25, 0.3) is 11.8 Å². The molecule has 3 heterocycles. The van der Waals surface area contributed by atoms with Gasteiger partial charge in [-0.3, -0.25) is 14.5 Å². The van der Waals surface area contributed by atoms with Crippen LogP contribution in [0.2, 0.25) is 0 Å². The van der Waals surface area contributed by atoms with Crippen LogP contribution in [-0.4, -0.2) is 73.1 Å². The fourth-order valence-electron chi connectivity index (χ4n) is 4.78. The van der Waals surface area contributed by atoms with E-state index >= 15 is 0 Å². The normalized spacial score (nSPS) is 17.8. The SMILES string of the molecule is C=CC1=C(C(=O)OC(c2ccccc2)c2ccccc2)N2C(=O)C(NC(=O)C(=NOCC(=O)OC(C)(C)C)c3nsc(N)n3)[C@H]2SC1. The second-order valence-corrected chi connectivity index (χ2v) is 13.2. The molecule has 13 nitrogen and oxygen atoms in total. The molecule has 0 aliphatic carbocycles. The standard InChI is InChI=1S/C32H32N6O7S2/c1-5-18-17-46-29-23(34-27(40)22(26-35-31(33)47-37-26)36-43-16-21(39)45-32(2,3)4)28(41)38(29)24(18)30(42)44-25(19-12-8-6-9-13-19)20-14-10-7-11-15-20/h5-15,23,25,29H,1,16-17H2,2-4H3,(H,34,40)(H2,33,35,37)/t23?,29-/m1/s1. The zero-order valence-corrected chi connectivity index (χ0v) is 27.4. The van der Waals surface area contributed by atoms with Crippen LogP contribution < -0.4 is 11.1 Å². The molecule has 1 fully saturated rings. The van der Waals surface area contributed by atoms with Gasteiger partial charge in [0.1, 0.15) is 22.7 Å². The molecule has 2 aliphatic heterocycles. The molecule has 15 heteroatoms. The van der Waals surface area contributed by atoms with E-state index in [0.29, 0.717) is 11.3 Å². The molecule has 0 bridgehead atoms. The molecule has 1 saturated heterocycles. The number of nitrogens with two attached hydrogens (primary N) is 1. The van der Waals surface area contributed by atoms with Crippen LogP contribution in [0.5, 0.6) is 0 Å². The maximum atomic E-state index is 13.8. The van der Waals surface area contributed by atoms with Gasteiger partial charge in [-0.2, -0.15) is 9.36 Å². The highest BCUT2D eigenvalue weighted by atomic mass is 32.2. The summed E-state index contributed by atoms with van der Waals surface area (Å²) in [6.07, 6.45) is 0.783. The Morgan fingerprint density at radius 3 is 2.32 bits per heavy atom. The highest BCUT2D eigenvalue weighted by molar-refractivity contribution is 8.00. The van der Waals surface area contributed by atoms with Gasteiger partial charge in [0.2, 0.25) is 18.1 Å². The molecule has 2 atom stereocenters. The van der Waals surface area contributed by atoms with Gasteiger partial charge in [-0.15, -0.1) is 11.8 Å². The van der Waals surface area contributed by atoms with Crippen LogP contribution in [-0.2, 0) is 33.5 Å². The number of esters is 2. The molecule has 47 heavy (non-hydrogen) atoms. The summed E-state index contributed by atoms with van der Waals surface area (Å²) in [6.45, 7) is 8.33. The Bertz CT molecular complexity index is 1700. The van der Waals surface area contributed by atoms with E-state index in [4.69, 9.17) is 20.0 Å². The summed E-state index contributed by atoms with van der Waals surface area (Å²) in [4.78, 5) is 63.3. The fourth-order valence-corrected chi connectivity index (χ4v) is 6.56. The van der Waals surface area contributed by atoms with E-state index < -0.39 is 59.2 Å². The highest BCUT2D eigenvalue weighted by Crippen LogP contribution is 2.42. The number of hydrogen-bond donors (Lipinski definition) is 2. The van der Waals surface area contributed by atoms with E-state index in [9.17, 15) is 19.2 Å². The van der Waals surface area contributed by atoms with Crippen molar-refractivity contribution in [2.75, 3.05) is 18.1 Å². The van der Waals surface area contributed by atoms with E-state index in [-0.39, 0.29) is 16.7 Å². The number of amides is 2. The Kier molecular flexibility index (Phi) is 10.1. The summed E-state index contributed by atoms with van der Waals surface area (Å²) in [7, 11) is 0. The Hall–Kier alpha value is -5.02. The van der Waals surface area contributed by atoms with Crippen LogP contribution in [0.25, 0.3) is 0 Å². The molecule has 3 aromatic rings. The number of nitrogens with zero attached hydrogens (tertiary/aromatic N) is 4. The molecule has 2 aliphatic rings. The van der Waals surface area contributed by atoms with Crippen LogP contribution in [0.1, 0.15) is 43.8 Å². The molecule has 1 aromatic heterocycles. The zero-order valence-electron chi connectivity index (χ0n) is 25.7. The number of allylic oxidation sites excluding steroid dienone is 1. The predicted molar refractivity (Wildman–Crippen MR) is 176 cm³/mol. The van der Waals surface area contributed by atoms with Crippen molar-refractivity contribution in [2.45, 2.75) is 43.9 Å². The lowest BCUT2D eigenvalue weighted by molar-refractivity contribution is -0.160. The number of nitrogen functional groups attached to an aromatic ring is 1. The van der Waals surface area contributed by atoms with Crippen molar-refractivity contribution in [1.29, 1.82) is 0 Å². The quantitative estimate of drug-likeness (QED) is 0.132. The van der Waals surface area contributed by atoms with Crippen LogP contribution in [0.15, 0.2) is 89.7 Å². The topological polar surface area (TPSA) is 175 Å². The number of anilines is 1. The van der Waals surface area contributed by atoms with E-state index in [1.54, 1.807) is 20.8 Å². The summed E-state index contributed by atoms with van der Waals surface area (Å²) >= 11 is 2.17. The van der Waals surface area contributed by atoms with Gasteiger partial charge in [0.05, 0.1) is 0 Å². The second-order valence-electron chi connectivity index (χ2n) is 11.3. The third-order valence-electron chi connectivity index (χ3n) is 6.78. The summed E-state index contributed by atoms with van der Waals surface area (Å²) in [6, 6.07) is 17.5. The maximum absolute atomic E-state index is 13.8. The minimum absolute atomic E-state index is 0.0552. The lowest BCUT2D eigenvalue weighted by Crippen LogP contribution is -2.71. The van der Waals surface area contributed by atoms with Gasteiger partial charge in [-0.25, -0.2) is 9.59 Å². The van der Waals surface area contributed by atoms with Crippen molar-refractivity contribution in [3.8, 4) is 0 Å². The molecule has 0 spiro atoms. The number of thioether (sulfide) groups is 1. The first kappa shape index (κ1) is 33.3. The Morgan fingerprint density at radius 1 is 1.13 bits per heavy atom. The second kappa shape index (κ2) is 14.2. The summed E-state index contributed by atoms with van der Waals surface area (Å²) in [5.41, 5.74) is 6.65. The van der Waals surface area contributed by atoms with Gasteiger partial charge in [0.15, 0.2) is 11.2 Å². The lowest BCUT2D eigenvalue weighted by atomic mass is 10.0. The average molecular weight is 677 g/mol. The lowest BCUT2D eigenvalue weighted by Gasteiger charge is -2.49. The van der Waals surface area contributed by atoms with Crippen molar-refractivity contribution in [3.63, 3.8) is 0 Å². The number of hydrogen-bond acceptors (Lipinski definition) is 13. The van der Waals surface area contributed by atoms with E-state index in [0.717, 1.165) is 22.7 Å². The van der Waals surface area contributed by atoms with Gasteiger partial charge in [0, 0.05) is 17.3 Å². The van der Waals surface area contributed by atoms with E-state index in [1.165, 1.54) is 22.7 Å². The van der Waals surface area contributed by atoms with Crippen molar-refractivity contribution >= 4 is 57.9 Å². The first-order valence-electron chi connectivity index (χ1n) is 14.4. The van der Waals surface area contributed by atoms with Gasteiger partial charge < -0.3 is 25.4 Å². The Balaban J connectivity index is 1.33. The third-order valence-corrected chi connectivity index (χ3v) is 8.63. The van der Waals surface area contributed by atoms with E-state index in [2.05, 4.69) is 26.4 Å². The molecule has 244 valence electrons. The summed E-state index contributed by atoms with van der Waals surface area (Å²) < 4.78 is 15.3. The number of carbonyl (C=O) groups is 4. The molecule has 3 N–H and O–H groups in total. The number of ether oxygens (including phenoxy) is 2. The Morgan fingerprint density at radius 2 is 1.77 bits per heavy atom. The molecule has 0 saturated carbocycles. The smallest absolute Gasteiger partial charge is 0.356 e. The first-order chi connectivity index (χ1) is 22.5. The van der Waals surface area contributed by atoms with Crippen LogP contribution in [0.4, 0.5) is 5.13 Å². The predicted octanol–water partition coefficient (Wildman–Crippen LogP) is 3.36. The minimum Gasteiger partial charge on any atom is -0.457 e. The van der Waals surface area contributed by atoms with Gasteiger partial charge in [-0.05, 0) is 37.5 Å². The number of carbonyl (C=O) groups excluding carboxylic acids is 4. The zero-order chi connectivity index (χ0) is 33.7. The van der Waals surface area contributed by atoms with Crippen LogP contribution >= 0.6 is 23.3 Å². The fraction of sp³-hybridized carbons (Fsp3) is 0.281. The first-order valence-corrected chi connectivity index (χ1v) is 16.2. The molecular formula is C32H32N6O7S2. The number of nitrogens with one attached hydrogen (secondary N) is 1. The summed E-state index contributed by atoms with van der Waals surface area (Å²) in [5, 5.41) is 5.85. The average Bonchev–Trinajstić information content (AvgIpc) is 3.48. The highest BCUT2D eigenvalue weighted by Gasteiger charge is 2.54. The number of benzene rings is 2. The number of aromatic nitrogens is 2. The van der Waals surface area contributed by atoms with E-state index in [1.807, 2.05) is 60.7 Å². The van der Waals surface area contributed by atoms with Gasteiger partial charge >= 0.3 is 11.9 Å². The third kappa shape index (κ3) is 7.69. The molecule has 0 radical (unpaired) electrons. The maximum Gasteiger partial charge on any atom is 0.356 e. The Labute approximate surface area is 279 Å². The number of oxime groups is 1. The van der Waals surface area contributed by atoms with Crippen molar-refractivity contribution in [1.82, 2.24) is 19.6 Å². The molecular weight excluding hydrogens is 645 g/mol. The van der Waals surface area contributed by atoms with Crippen molar-refractivity contribution < 1.29 is 33.5 Å². The van der Waals surface area contributed by atoms with Crippen LogP contribution in [0.3, 0.4) is 0 Å². The monoisotopic (exact) mass is 676 g/mol. The number of fused-ring (bicyclic) bond motifs is 1. The van der Waals surface area contributed by atoms with Crippen molar-refractivity contribution in [3.05, 3.63) is 102 Å². The molecule has 2 aromatic carbocycles. The molecule has 1 unspecified atom stereocenters.